The summed E-state index contributed by atoms with van der Waals surface area (Å²) in [6, 6.07) is 0. The third kappa shape index (κ3) is 4.42. The highest BCUT2D eigenvalue weighted by Gasteiger charge is 1.98. The first-order chi connectivity index (χ1) is 7.08. The Balaban J connectivity index is 2.40. The third-order valence-electron chi connectivity index (χ3n) is 1.72. The molecule has 0 aliphatic carbocycles. The minimum absolute atomic E-state index is 0.222. The van der Waals surface area contributed by atoms with Gasteiger partial charge in [0.2, 0.25) is 5.91 Å². The molecule has 5 heteroatoms. The third-order valence-corrected chi connectivity index (χ3v) is 1.72. The Morgan fingerprint density at radius 3 is 3.07 bits per heavy atom. The van der Waals surface area contributed by atoms with E-state index in [0.717, 1.165) is 5.56 Å². The fourth-order valence-electron chi connectivity index (χ4n) is 1.01. The van der Waals surface area contributed by atoms with Crippen LogP contribution in [0, 0.1) is 0 Å². The van der Waals surface area contributed by atoms with Gasteiger partial charge in [-0.1, -0.05) is 0 Å². The number of aliphatic hydroxyl groups excluding tert-OH is 1. The normalized spacial score (nSPS) is 13.0. The summed E-state index contributed by atoms with van der Waals surface area (Å²) in [6.45, 7) is 1.88. The highest BCUT2D eigenvalue weighted by atomic mass is 16.3. The molecular formula is C10H15N3O2. The van der Waals surface area contributed by atoms with E-state index in [1.807, 2.05) is 7.05 Å². The Hall–Kier alpha value is -1.62. The Kier molecular flexibility index (Phi) is 4.05. The van der Waals surface area contributed by atoms with Crippen LogP contribution in [0.5, 0.6) is 0 Å². The van der Waals surface area contributed by atoms with Crippen LogP contribution in [-0.2, 0) is 11.8 Å². The van der Waals surface area contributed by atoms with E-state index in [4.69, 9.17) is 5.11 Å². The predicted molar refractivity (Wildman–Crippen MR) is 56.9 cm³/mol. The van der Waals surface area contributed by atoms with Gasteiger partial charge in [0, 0.05) is 31.4 Å². The lowest BCUT2D eigenvalue weighted by Crippen LogP contribution is -2.28. The monoisotopic (exact) mass is 209 g/mol. The van der Waals surface area contributed by atoms with Crippen LogP contribution in [0.15, 0.2) is 18.5 Å². The van der Waals surface area contributed by atoms with Crippen LogP contribution in [0.3, 0.4) is 0 Å². The number of hydrogen-bond acceptors (Lipinski definition) is 3. The van der Waals surface area contributed by atoms with Gasteiger partial charge in [-0.05, 0) is 13.0 Å². The molecule has 1 aromatic heterocycles. The van der Waals surface area contributed by atoms with Crippen molar-refractivity contribution < 1.29 is 9.90 Å². The number of rotatable bonds is 4. The summed E-state index contributed by atoms with van der Waals surface area (Å²) >= 11 is 0. The van der Waals surface area contributed by atoms with Crippen LogP contribution in [0.1, 0.15) is 12.5 Å². The van der Waals surface area contributed by atoms with Crippen molar-refractivity contribution >= 4 is 12.0 Å². The van der Waals surface area contributed by atoms with E-state index in [0.29, 0.717) is 0 Å². The van der Waals surface area contributed by atoms with Gasteiger partial charge in [0.1, 0.15) is 0 Å². The fourth-order valence-corrected chi connectivity index (χ4v) is 1.01. The lowest BCUT2D eigenvalue weighted by molar-refractivity contribution is -0.116. The average molecular weight is 209 g/mol. The summed E-state index contributed by atoms with van der Waals surface area (Å²) in [4.78, 5) is 11.2. The second-order valence-electron chi connectivity index (χ2n) is 3.37. The summed E-state index contributed by atoms with van der Waals surface area (Å²) < 4.78 is 1.66. The summed E-state index contributed by atoms with van der Waals surface area (Å²) in [5.41, 5.74) is 0.865. The Labute approximate surface area is 88.4 Å². The molecule has 5 nitrogen and oxygen atoms in total. The maximum atomic E-state index is 11.2. The van der Waals surface area contributed by atoms with Gasteiger partial charge < -0.3 is 10.4 Å². The number of nitrogens with zero attached hydrogens (tertiary/aromatic N) is 2. The van der Waals surface area contributed by atoms with Gasteiger partial charge >= 0.3 is 0 Å². The van der Waals surface area contributed by atoms with Crippen molar-refractivity contribution in [1.29, 1.82) is 0 Å². The van der Waals surface area contributed by atoms with E-state index in [1.54, 1.807) is 30.1 Å². The minimum Gasteiger partial charge on any atom is -0.392 e. The molecule has 2 N–H and O–H groups in total. The standard InChI is InChI=1S/C10H15N3O2/c1-8(14)5-11-10(15)4-3-9-6-12-13(2)7-9/h3-4,6-8,14H,5H2,1-2H3,(H,11,15)/b4-3+/t8-/m0/s1. The van der Waals surface area contributed by atoms with Gasteiger partial charge in [-0.3, -0.25) is 9.48 Å². The molecule has 0 spiro atoms. The molecule has 1 amide bonds. The van der Waals surface area contributed by atoms with Gasteiger partial charge in [0.05, 0.1) is 12.3 Å². The zero-order chi connectivity index (χ0) is 11.3. The smallest absolute Gasteiger partial charge is 0.244 e. The Bertz CT molecular complexity index is 355. The van der Waals surface area contributed by atoms with E-state index >= 15 is 0 Å². The molecule has 0 saturated carbocycles. The molecule has 1 aromatic rings. The van der Waals surface area contributed by atoms with Crippen LogP contribution >= 0.6 is 0 Å². The molecule has 0 radical (unpaired) electrons. The SMILES string of the molecule is C[C@H](O)CNC(=O)/C=C/c1cnn(C)c1. The van der Waals surface area contributed by atoms with Crippen LogP contribution in [0.2, 0.25) is 0 Å². The molecule has 0 saturated heterocycles. The number of amides is 1. The van der Waals surface area contributed by atoms with Gasteiger partial charge in [0.15, 0.2) is 0 Å². The summed E-state index contributed by atoms with van der Waals surface area (Å²) in [5.74, 6) is -0.222. The maximum absolute atomic E-state index is 11.2. The predicted octanol–water partition coefficient (Wildman–Crippen LogP) is -0.0697. The van der Waals surface area contributed by atoms with Crippen LogP contribution in [0.4, 0.5) is 0 Å². The lowest BCUT2D eigenvalue weighted by atomic mass is 10.3. The molecule has 0 unspecified atom stereocenters. The number of carbonyl (C=O) groups excluding carboxylic acids is 1. The highest BCUT2D eigenvalue weighted by molar-refractivity contribution is 5.91. The number of nitrogens with one attached hydrogen (secondary N) is 1. The summed E-state index contributed by atoms with van der Waals surface area (Å²) in [6.07, 6.45) is 6.03. The molecule has 0 aromatic carbocycles. The maximum Gasteiger partial charge on any atom is 0.244 e. The number of aromatic nitrogens is 2. The van der Waals surface area contributed by atoms with E-state index < -0.39 is 6.10 Å². The van der Waals surface area contributed by atoms with Crippen molar-refractivity contribution in [2.75, 3.05) is 6.54 Å². The van der Waals surface area contributed by atoms with Crippen LogP contribution < -0.4 is 5.32 Å². The molecule has 1 atom stereocenters. The molecule has 1 heterocycles. The quantitative estimate of drug-likeness (QED) is 0.682. The first-order valence-electron chi connectivity index (χ1n) is 4.70. The molecule has 0 bridgehead atoms. The van der Waals surface area contributed by atoms with Crippen molar-refractivity contribution in [2.24, 2.45) is 7.05 Å². The second kappa shape index (κ2) is 5.31. The summed E-state index contributed by atoms with van der Waals surface area (Å²) in [7, 11) is 1.81. The van der Waals surface area contributed by atoms with Crippen molar-refractivity contribution in [3.63, 3.8) is 0 Å². The number of aryl methyl sites for hydroxylation is 1. The second-order valence-corrected chi connectivity index (χ2v) is 3.37. The van der Waals surface area contributed by atoms with E-state index in [1.165, 1.54) is 6.08 Å². The number of aliphatic hydroxyl groups is 1. The topological polar surface area (TPSA) is 67.2 Å². The van der Waals surface area contributed by atoms with Crippen molar-refractivity contribution in [3.05, 3.63) is 24.0 Å². The molecule has 82 valence electrons. The Morgan fingerprint density at radius 2 is 2.53 bits per heavy atom. The van der Waals surface area contributed by atoms with Gasteiger partial charge in [-0.2, -0.15) is 5.10 Å². The van der Waals surface area contributed by atoms with Crippen LogP contribution in [-0.4, -0.2) is 33.4 Å². The lowest BCUT2D eigenvalue weighted by Gasteiger charge is -2.03. The van der Waals surface area contributed by atoms with Gasteiger partial charge in [-0.25, -0.2) is 0 Å². The largest absolute Gasteiger partial charge is 0.392 e. The van der Waals surface area contributed by atoms with E-state index in [-0.39, 0.29) is 12.5 Å². The van der Waals surface area contributed by atoms with Gasteiger partial charge in [-0.15, -0.1) is 0 Å². The molecular weight excluding hydrogens is 194 g/mol. The molecule has 15 heavy (non-hydrogen) atoms. The zero-order valence-electron chi connectivity index (χ0n) is 8.84. The Morgan fingerprint density at radius 1 is 1.80 bits per heavy atom. The van der Waals surface area contributed by atoms with Crippen molar-refractivity contribution in [2.45, 2.75) is 13.0 Å². The first kappa shape index (κ1) is 11.5. The van der Waals surface area contributed by atoms with E-state index in [9.17, 15) is 4.79 Å². The molecule has 0 aliphatic rings. The zero-order valence-corrected chi connectivity index (χ0v) is 8.84. The van der Waals surface area contributed by atoms with Gasteiger partial charge in [0.25, 0.3) is 0 Å². The highest BCUT2D eigenvalue weighted by Crippen LogP contribution is 1.98. The van der Waals surface area contributed by atoms with Crippen molar-refractivity contribution in [3.8, 4) is 0 Å². The molecule has 0 aliphatic heterocycles. The average Bonchev–Trinajstić information content (AvgIpc) is 2.58. The van der Waals surface area contributed by atoms with E-state index in [2.05, 4.69) is 10.4 Å². The minimum atomic E-state index is -0.527. The number of carbonyl (C=O) groups is 1. The molecule has 0 fully saturated rings. The van der Waals surface area contributed by atoms with Crippen molar-refractivity contribution in [1.82, 2.24) is 15.1 Å². The summed E-state index contributed by atoms with van der Waals surface area (Å²) in [5, 5.41) is 15.5. The molecule has 1 rings (SSSR count). The first-order valence-corrected chi connectivity index (χ1v) is 4.70. The fraction of sp³-hybridized carbons (Fsp3) is 0.400. The van der Waals surface area contributed by atoms with Crippen LogP contribution in [0.25, 0.3) is 6.08 Å². The number of hydrogen-bond donors (Lipinski definition) is 2.